The van der Waals surface area contributed by atoms with E-state index in [-0.39, 0.29) is 38.3 Å². The number of carbonyl (C=O) groups is 4. The number of nitrogens with one attached hydrogen (secondary N) is 2. The van der Waals surface area contributed by atoms with Gasteiger partial charge in [-0.1, -0.05) is 48.0 Å². The summed E-state index contributed by atoms with van der Waals surface area (Å²) < 4.78 is 10.3. The molecule has 3 N–H and O–H groups in total. The lowest BCUT2D eigenvalue weighted by atomic mass is 9.99. The maximum absolute atomic E-state index is 14.2. The number of benzene rings is 2. The molecule has 0 aliphatic carbocycles. The molecule has 2 atom stereocenters. The number of esters is 1. The van der Waals surface area contributed by atoms with Crippen molar-refractivity contribution in [1.82, 2.24) is 15.5 Å². The third kappa shape index (κ3) is 11.0. The fourth-order valence-corrected chi connectivity index (χ4v) is 4.02. The summed E-state index contributed by atoms with van der Waals surface area (Å²) in [6.07, 6.45) is 0.742. The van der Waals surface area contributed by atoms with E-state index in [0.29, 0.717) is 11.1 Å². The molecule has 0 saturated heterocycles. The van der Waals surface area contributed by atoms with E-state index < -0.39 is 41.6 Å². The van der Waals surface area contributed by atoms with Crippen LogP contribution in [0.5, 0.6) is 5.75 Å². The molecule has 0 bridgehead atoms. The number of phenolic OH excluding ortho intramolecular Hbond substituents is 1. The Hall–Kier alpha value is -4.34. The molecule has 41 heavy (non-hydrogen) atoms. The highest BCUT2D eigenvalue weighted by Gasteiger charge is 2.36. The van der Waals surface area contributed by atoms with E-state index in [2.05, 4.69) is 17.2 Å². The first kappa shape index (κ1) is 32.9. The first-order chi connectivity index (χ1) is 19.3. The minimum Gasteiger partial charge on any atom is -0.508 e. The lowest BCUT2D eigenvalue weighted by Gasteiger charge is -2.34. The van der Waals surface area contributed by atoms with Crippen molar-refractivity contribution in [3.63, 3.8) is 0 Å². The molecule has 0 spiro atoms. The second kappa shape index (κ2) is 15.4. The average molecular weight is 568 g/mol. The number of rotatable bonds is 13. The van der Waals surface area contributed by atoms with Gasteiger partial charge in [0.2, 0.25) is 11.8 Å². The Labute approximate surface area is 241 Å². The zero-order valence-electron chi connectivity index (χ0n) is 24.4. The van der Waals surface area contributed by atoms with Crippen LogP contribution < -0.4 is 10.6 Å². The summed E-state index contributed by atoms with van der Waals surface area (Å²) in [5.74, 6) is -1.44. The van der Waals surface area contributed by atoms with Crippen LogP contribution in [0.15, 0.2) is 61.2 Å². The van der Waals surface area contributed by atoms with Gasteiger partial charge in [-0.15, -0.1) is 6.58 Å². The quantitative estimate of drug-likeness (QED) is 0.246. The van der Waals surface area contributed by atoms with E-state index in [0.717, 1.165) is 5.56 Å². The maximum Gasteiger partial charge on any atom is 0.408 e. The Morgan fingerprint density at radius 3 is 2.24 bits per heavy atom. The molecule has 0 saturated carbocycles. The highest BCUT2D eigenvalue weighted by atomic mass is 16.6. The van der Waals surface area contributed by atoms with Crippen LogP contribution in [-0.2, 0) is 30.3 Å². The molecule has 0 aromatic heterocycles. The van der Waals surface area contributed by atoms with E-state index in [1.165, 1.54) is 23.1 Å². The number of aromatic hydroxyl groups is 1. The molecular weight excluding hydrogens is 526 g/mol. The van der Waals surface area contributed by atoms with Crippen LogP contribution in [-0.4, -0.2) is 65.2 Å². The second-order valence-corrected chi connectivity index (χ2v) is 10.5. The van der Waals surface area contributed by atoms with Crippen LogP contribution in [0.2, 0.25) is 0 Å². The Balaban J connectivity index is 2.46. The molecule has 0 aliphatic rings. The zero-order chi connectivity index (χ0) is 30.6. The van der Waals surface area contributed by atoms with Gasteiger partial charge in [0.15, 0.2) is 0 Å². The monoisotopic (exact) mass is 567 g/mol. The molecule has 3 amide bonds. The number of carbonyl (C=O) groups excluding carboxylic acids is 4. The molecule has 10 heteroatoms. The summed E-state index contributed by atoms with van der Waals surface area (Å²) in [5.41, 5.74) is 1.37. The van der Waals surface area contributed by atoms with E-state index in [4.69, 9.17) is 9.47 Å². The van der Waals surface area contributed by atoms with Gasteiger partial charge in [0.25, 0.3) is 0 Å². The predicted octanol–water partition coefficient (Wildman–Crippen LogP) is 3.96. The van der Waals surface area contributed by atoms with Crippen LogP contribution in [0.1, 0.15) is 56.8 Å². The van der Waals surface area contributed by atoms with E-state index in [1.54, 1.807) is 52.0 Å². The molecule has 2 unspecified atom stereocenters. The van der Waals surface area contributed by atoms with Crippen molar-refractivity contribution in [2.24, 2.45) is 0 Å². The summed E-state index contributed by atoms with van der Waals surface area (Å²) in [7, 11) is 0. The van der Waals surface area contributed by atoms with Gasteiger partial charge >= 0.3 is 12.1 Å². The van der Waals surface area contributed by atoms with Crippen molar-refractivity contribution in [2.75, 3.05) is 19.7 Å². The Bertz CT molecular complexity index is 1190. The van der Waals surface area contributed by atoms with Gasteiger partial charge in [-0.25, -0.2) is 4.79 Å². The lowest BCUT2D eigenvalue weighted by Crippen LogP contribution is -2.54. The van der Waals surface area contributed by atoms with Gasteiger partial charge in [-0.05, 0) is 57.9 Å². The highest BCUT2D eigenvalue weighted by Crippen LogP contribution is 2.24. The van der Waals surface area contributed by atoms with Crippen LogP contribution in [0, 0.1) is 6.92 Å². The minimum atomic E-state index is -1.12. The predicted molar refractivity (Wildman–Crippen MR) is 155 cm³/mol. The van der Waals surface area contributed by atoms with Crippen LogP contribution in [0.25, 0.3) is 0 Å². The zero-order valence-corrected chi connectivity index (χ0v) is 24.4. The summed E-state index contributed by atoms with van der Waals surface area (Å²) in [6, 6.07) is 11.2. The summed E-state index contributed by atoms with van der Waals surface area (Å²) in [4.78, 5) is 53.7. The van der Waals surface area contributed by atoms with Crippen molar-refractivity contribution >= 4 is 23.9 Å². The van der Waals surface area contributed by atoms with Crippen LogP contribution >= 0.6 is 0 Å². The lowest BCUT2D eigenvalue weighted by molar-refractivity contribution is -0.144. The molecular formula is C31H41N3O7. The number of aryl methyl sites for hydroxylation is 1. The second-order valence-electron chi connectivity index (χ2n) is 10.5. The SMILES string of the molecule is C=CCN(C(=O)C(Cc1ccc(O)cc1)NC(=O)OC(C)(C)C)C(C(=O)NCCC(=O)OCC)c1ccc(C)cc1. The largest absolute Gasteiger partial charge is 0.508 e. The van der Waals surface area contributed by atoms with Crippen molar-refractivity contribution in [3.8, 4) is 5.75 Å². The summed E-state index contributed by atoms with van der Waals surface area (Å²) in [5, 5.41) is 15.1. The average Bonchev–Trinajstić information content (AvgIpc) is 2.89. The molecule has 222 valence electrons. The van der Waals surface area contributed by atoms with Crippen molar-refractivity contribution < 1.29 is 33.8 Å². The van der Waals surface area contributed by atoms with E-state index in [9.17, 15) is 24.3 Å². The van der Waals surface area contributed by atoms with E-state index >= 15 is 0 Å². The smallest absolute Gasteiger partial charge is 0.408 e. The van der Waals surface area contributed by atoms with Gasteiger partial charge in [-0.3, -0.25) is 14.4 Å². The third-order valence-electron chi connectivity index (χ3n) is 5.86. The molecule has 10 nitrogen and oxygen atoms in total. The maximum atomic E-state index is 14.2. The number of amides is 3. The van der Waals surface area contributed by atoms with Crippen molar-refractivity contribution in [2.45, 2.75) is 65.1 Å². The number of ether oxygens (including phenoxy) is 2. The summed E-state index contributed by atoms with van der Waals surface area (Å²) >= 11 is 0. The van der Waals surface area contributed by atoms with Gasteiger partial charge in [0, 0.05) is 19.5 Å². The normalized spacial score (nSPS) is 12.4. The standard InChI is InChI=1S/C31H41N3O7/c1-7-19-34(27(23-13-9-21(3)10-14-23)28(37)32-18-17-26(36)40-8-2)29(38)25(33-30(39)41-31(4,5)6)20-22-11-15-24(35)16-12-22/h7,9-16,25,27,35H,1,8,17-20H2,2-6H3,(H,32,37)(H,33,39). The molecule has 2 aromatic carbocycles. The third-order valence-corrected chi connectivity index (χ3v) is 5.86. The van der Waals surface area contributed by atoms with Gasteiger partial charge < -0.3 is 30.1 Å². The molecule has 0 aliphatic heterocycles. The Morgan fingerprint density at radius 1 is 1.05 bits per heavy atom. The first-order valence-electron chi connectivity index (χ1n) is 13.5. The number of hydrogen-bond donors (Lipinski definition) is 3. The fraction of sp³-hybridized carbons (Fsp3) is 0.419. The van der Waals surface area contributed by atoms with Crippen molar-refractivity contribution in [3.05, 3.63) is 77.9 Å². The van der Waals surface area contributed by atoms with Crippen LogP contribution in [0.4, 0.5) is 4.79 Å². The number of nitrogens with zero attached hydrogens (tertiary/aromatic N) is 1. The molecule has 0 radical (unpaired) electrons. The minimum absolute atomic E-state index is 0.00918. The molecule has 0 heterocycles. The van der Waals surface area contributed by atoms with Crippen molar-refractivity contribution in [1.29, 1.82) is 0 Å². The number of phenols is 1. The molecule has 2 rings (SSSR count). The van der Waals surface area contributed by atoms with Gasteiger partial charge in [0.05, 0.1) is 13.0 Å². The fourth-order valence-electron chi connectivity index (χ4n) is 4.02. The van der Waals surface area contributed by atoms with Crippen LogP contribution in [0.3, 0.4) is 0 Å². The topological polar surface area (TPSA) is 134 Å². The first-order valence-corrected chi connectivity index (χ1v) is 13.5. The molecule has 2 aromatic rings. The van der Waals surface area contributed by atoms with Gasteiger partial charge in [0.1, 0.15) is 23.4 Å². The molecule has 0 fully saturated rings. The highest BCUT2D eigenvalue weighted by molar-refractivity contribution is 5.92. The number of hydrogen-bond acceptors (Lipinski definition) is 7. The Morgan fingerprint density at radius 2 is 1.68 bits per heavy atom. The Kier molecular flexibility index (Phi) is 12.4. The summed E-state index contributed by atoms with van der Waals surface area (Å²) in [6.45, 7) is 12.7. The number of alkyl carbamates (subject to hydrolysis) is 1. The van der Waals surface area contributed by atoms with E-state index in [1.807, 2.05) is 19.1 Å². The van der Waals surface area contributed by atoms with Gasteiger partial charge in [-0.2, -0.15) is 0 Å².